The summed E-state index contributed by atoms with van der Waals surface area (Å²) in [5.41, 5.74) is 10.8. The Kier molecular flexibility index (Phi) is 11.9. The van der Waals surface area contributed by atoms with Gasteiger partial charge in [0.05, 0.1) is 49.7 Å². The van der Waals surface area contributed by atoms with E-state index >= 15 is 0 Å². The zero-order valence-electron chi connectivity index (χ0n) is 46.8. The minimum atomic E-state index is 0.799. The summed E-state index contributed by atoms with van der Waals surface area (Å²) in [6.45, 7) is 0. The molecule has 0 saturated carbocycles. The lowest BCUT2D eigenvalue weighted by atomic mass is 9.96. The maximum absolute atomic E-state index is 4.60. The average molecular weight is 1130 g/mol. The molecule has 0 amide bonds. The molecule has 408 valence electrons. The van der Waals surface area contributed by atoms with Gasteiger partial charge in [-0.15, -0.1) is 0 Å². The standard InChI is InChI=1S/C20H12N2.2C19H11N3.C18H10N4/c1-2-6-14-12-18-17(11-13(14)5-1)15-7-3-4-8-16(15)19-20(18)22-10-9-21-19;1-2-5-13-11-16-15(10-12(13)4-1)17-14(6-3-7-20-17)18-19(16)22-9-8-21-18;1-2-5-13-11-16-15(10-12(13)4-1)14-6-3-7-20-17(14)19-18(16)21-8-9-22-19;1-2-4-12-10-14-13(9-11(12)3-1)15-17(21-7-5-19-15)18-16(14)20-6-8-22-18/h1-12H;2*1-11H;1-10H. The molecular weight excluding hydrogens is 1080 g/mol. The van der Waals surface area contributed by atoms with E-state index in [1.807, 2.05) is 36.7 Å². The van der Waals surface area contributed by atoms with E-state index in [0.29, 0.717) is 0 Å². The van der Waals surface area contributed by atoms with E-state index < -0.39 is 0 Å². The highest BCUT2D eigenvalue weighted by molar-refractivity contribution is 6.28. The molecule has 0 fully saturated rings. The van der Waals surface area contributed by atoms with Crippen molar-refractivity contribution in [3.05, 3.63) is 268 Å². The van der Waals surface area contributed by atoms with Crippen molar-refractivity contribution < 1.29 is 0 Å². The van der Waals surface area contributed by atoms with Crippen LogP contribution in [0.15, 0.2) is 268 Å². The molecule has 0 bridgehead atoms. The maximum atomic E-state index is 4.60. The third kappa shape index (κ3) is 8.38. The van der Waals surface area contributed by atoms with E-state index in [2.05, 4.69) is 230 Å². The van der Waals surface area contributed by atoms with Gasteiger partial charge >= 0.3 is 0 Å². The third-order valence-electron chi connectivity index (χ3n) is 16.6. The number of fused-ring (bicyclic) bond motifs is 28. The summed E-state index contributed by atoms with van der Waals surface area (Å²) in [5, 5.41) is 23.3. The first-order valence-electron chi connectivity index (χ1n) is 28.9. The summed E-state index contributed by atoms with van der Waals surface area (Å²) in [6.07, 6.45) is 21.0. The van der Waals surface area contributed by atoms with Crippen molar-refractivity contribution in [3.63, 3.8) is 0 Å². The smallest absolute Gasteiger partial charge is 0.117 e. The van der Waals surface area contributed by atoms with Gasteiger partial charge < -0.3 is 0 Å². The van der Waals surface area contributed by atoms with Gasteiger partial charge in [0.2, 0.25) is 0 Å². The molecule has 12 nitrogen and oxygen atoms in total. The molecule has 0 N–H and O–H groups in total. The monoisotopic (exact) mass is 1120 g/mol. The molecule has 7 heterocycles. The molecule has 12 heteroatoms. The van der Waals surface area contributed by atoms with E-state index in [0.717, 1.165) is 109 Å². The van der Waals surface area contributed by atoms with Crippen LogP contribution in [0.1, 0.15) is 0 Å². The van der Waals surface area contributed by atoms with Crippen LogP contribution in [0.2, 0.25) is 0 Å². The van der Waals surface area contributed by atoms with Crippen molar-refractivity contribution in [1.82, 2.24) is 59.8 Å². The SMILES string of the molecule is c1ccc2cc3c(cc2c1)c1ccccc1c1nccnc31.c1ccc2cc3c(cc2c1)c1cccnc1c1nccnc31.c1ccc2cc3c(cc2c1)c1ncccc1c1nccnc31.c1ccc2cc3c(cc2c1)c1nccnc1c1nccnc31. The molecule has 0 aliphatic carbocycles. The second-order valence-corrected chi connectivity index (χ2v) is 21.6. The summed E-state index contributed by atoms with van der Waals surface area (Å²) in [4.78, 5) is 54.5. The summed E-state index contributed by atoms with van der Waals surface area (Å²) in [6, 6.07) is 67.7. The van der Waals surface area contributed by atoms with E-state index in [9.17, 15) is 0 Å². The molecule has 0 unspecified atom stereocenters. The predicted octanol–water partition coefficient (Wildman–Crippen LogP) is 17.9. The van der Waals surface area contributed by atoms with Crippen LogP contribution in [0.5, 0.6) is 0 Å². The average Bonchev–Trinajstić information content (AvgIpc) is 3.38. The maximum Gasteiger partial charge on any atom is 0.117 e. The quantitative estimate of drug-likeness (QED) is 0.105. The van der Waals surface area contributed by atoms with Gasteiger partial charge in [-0.05, 0) is 126 Å². The third-order valence-corrected chi connectivity index (χ3v) is 16.6. The number of rotatable bonds is 0. The molecule has 0 atom stereocenters. The van der Waals surface area contributed by atoms with Crippen molar-refractivity contribution >= 4 is 174 Å². The fraction of sp³-hybridized carbons (Fsp3) is 0. The van der Waals surface area contributed by atoms with E-state index in [4.69, 9.17) is 0 Å². The molecule has 0 spiro atoms. The molecule has 0 aliphatic heterocycles. The Bertz CT molecular complexity index is 5100. The second-order valence-electron chi connectivity index (χ2n) is 21.6. The number of hydrogen-bond acceptors (Lipinski definition) is 12. The predicted molar refractivity (Wildman–Crippen MR) is 359 cm³/mol. The molecule has 88 heavy (non-hydrogen) atoms. The first-order chi connectivity index (χ1) is 43.7. The van der Waals surface area contributed by atoms with Crippen LogP contribution < -0.4 is 0 Å². The molecule has 0 aliphatic rings. The molecule has 20 aromatic rings. The Balaban J connectivity index is 0.0000000910. The zero-order chi connectivity index (χ0) is 58.1. The van der Waals surface area contributed by atoms with Crippen LogP contribution in [0.25, 0.3) is 174 Å². The normalized spacial score (nSPS) is 11.6. The fourth-order valence-corrected chi connectivity index (χ4v) is 12.7. The molecular formula is C76H44N12. The lowest BCUT2D eigenvalue weighted by Crippen LogP contribution is -1.92. The summed E-state index contributed by atoms with van der Waals surface area (Å²) < 4.78 is 0. The van der Waals surface area contributed by atoms with Crippen LogP contribution in [-0.4, -0.2) is 59.8 Å². The van der Waals surface area contributed by atoms with Crippen LogP contribution >= 0.6 is 0 Å². The lowest BCUT2D eigenvalue weighted by molar-refractivity contribution is 1.27. The molecule has 20 rings (SSSR count). The van der Waals surface area contributed by atoms with Crippen molar-refractivity contribution in [1.29, 1.82) is 0 Å². The van der Waals surface area contributed by atoms with E-state index in [1.165, 1.54) is 64.6 Å². The van der Waals surface area contributed by atoms with Crippen molar-refractivity contribution in [2.75, 3.05) is 0 Å². The largest absolute Gasteiger partial charge is 0.256 e. The van der Waals surface area contributed by atoms with Gasteiger partial charge in [0.25, 0.3) is 0 Å². The van der Waals surface area contributed by atoms with Gasteiger partial charge in [0.15, 0.2) is 0 Å². The number of pyridine rings is 2. The van der Waals surface area contributed by atoms with Crippen LogP contribution in [-0.2, 0) is 0 Å². The highest BCUT2D eigenvalue weighted by atomic mass is 14.8. The summed E-state index contributed by atoms with van der Waals surface area (Å²) >= 11 is 0. The van der Waals surface area contributed by atoms with Gasteiger partial charge in [0.1, 0.15) is 16.6 Å². The first kappa shape index (κ1) is 50.3. The number of benzene rings is 13. The van der Waals surface area contributed by atoms with E-state index in [-0.39, 0.29) is 0 Å². The number of aromatic nitrogens is 12. The van der Waals surface area contributed by atoms with Crippen molar-refractivity contribution in [2.24, 2.45) is 0 Å². The summed E-state index contributed by atoms with van der Waals surface area (Å²) in [7, 11) is 0. The van der Waals surface area contributed by atoms with Crippen LogP contribution in [0.3, 0.4) is 0 Å². The second kappa shape index (κ2) is 20.8. The highest BCUT2D eigenvalue weighted by Gasteiger charge is 2.17. The molecule has 0 saturated heterocycles. The summed E-state index contributed by atoms with van der Waals surface area (Å²) in [5.74, 6) is 0. The van der Waals surface area contributed by atoms with Gasteiger partial charge in [-0.3, -0.25) is 59.8 Å². The molecule has 7 aromatic heterocycles. The highest BCUT2D eigenvalue weighted by Crippen LogP contribution is 2.39. The fourth-order valence-electron chi connectivity index (χ4n) is 12.7. The van der Waals surface area contributed by atoms with Crippen LogP contribution in [0.4, 0.5) is 0 Å². The Morgan fingerprint density at radius 2 is 0.318 bits per heavy atom. The van der Waals surface area contributed by atoms with Gasteiger partial charge in [0, 0.05) is 123 Å². The minimum absolute atomic E-state index is 0.799. The topological polar surface area (TPSA) is 155 Å². The van der Waals surface area contributed by atoms with E-state index in [1.54, 1.807) is 62.0 Å². The number of nitrogens with zero attached hydrogens (tertiary/aromatic N) is 12. The van der Waals surface area contributed by atoms with Gasteiger partial charge in [-0.2, -0.15) is 0 Å². The van der Waals surface area contributed by atoms with Crippen molar-refractivity contribution in [2.45, 2.75) is 0 Å². The Morgan fingerprint density at radius 1 is 0.125 bits per heavy atom. The Labute approximate surface area is 499 Å². The van der Waals surface area contributed by atoms with Crippen molar-refractivity contribution in [3.8, 4) is 0 Å². The molecule has 0 radical (unpaired) electrons. The Hall–Kier alpha value is -12.3. The van der Waals surface area contributed by atoms with Gasteiger partial charge in [-0.1, -0.05) is 127 Å². The van der Waals surface area contributed by atoms with Crippen LogP contribution in [0, 0.1) is 0 Å². The molecule has 13 aromatic carbocycles. The first-order valence-corrected chi connectivity index (χ1v) is 28.9. The Morgan fingerprint density at radius 3 is 0.705 bits per heavy atom. The number of hydrogen-bond donors (Lipinski definition) is 0. The lowest BCUT2D eigenvalue weighted by Gasteiger charge is -2.10. The minimum Gasteiger partial charge on any atom is -0.256 e. The van der Waals surface area contributed by atoms with Gasteiger partial charge in [-0.25, -0.2) is 0 Å². The zero-order valence-corrected chi connectivity index (χ0v) is 46.8.